The molecule has 0 fully saturated rings. The molecule has 0 spiro atoms. The first-order chi connectivity index (χ1) is 16.3. The van der Waals surface area contributed by atoms with Gasteiger partial charge in [0.25, 0.3) is 5.91 Å². The van der Waals surface area contributed by atoms with Crippen molar-refractivity contribution >= 4 is 27.5 Å². The topological polar surface area (TPSA) is 77.0 Å². The third-order valence-corrected chi connectivity index (χ3v) is 6.08. The lowest BCUT2D eigenvalue weighted by atomic mass is 10.1. The van der Waals surface area contributed by atoms with Gasteiger partial charge in [-0.05, 0) is 47.0 Å². The Kier molecular flexibility index (Phi) is 6.04. The first-order valence-corrected chi connectivity index (χ1v) is 11.3. The van der Waals surface area contributed by atoms with E-state index in [0.717, 1.165) is 27.0 Å². The number of pyridine rings is 2. The zero-order valence-electron chi connectivity index (χ0n) is 17.6. The Hall–Kier alpha value is -4.10. The second-order valence-corrected chi connectivity index (χ2v) is 8.42. The highest BCUT2D eigenvalue weighted by molar-refractivity contribution is 7.20. The molecule has 0 aliphatic heterocycles. The first-order valence-electron chi connectivity index (χ1n) is 10.4. The molecule has 0 aliphatic carbocycles. The lowest BCUT2D eigenvalue weighted by Gasteiger charge is -2.09. The molecule has 0 bridgehead atoms. The number of nitrogens with one attached hydrogen (secondary N) is 1. The normalized spacial score (nSPS) is 10.8. The molecule has 0 atom stereocenters. The van der Waals surface area contributed by atoms with Crippen molar-refractivity contribution in [2.75, 3.05) is 0 Å². The summed E-state index contributed by atoms with van der Waals surface area (Å²) >= 11 is 1.35. The third-order valence-electron chi connectivity index (χ3n) is 5.08. The number of carbonyl (C=O) groups excluding carboxylic acids is 1. The second kappa shape index (κ2) is 9.58. The molecule has 162 valence electrons. The van der Waals surface area contributed by atoms with E-state index in [1.165, 1.54) is 11.3 Å². The summed E-state index contributed by atoms with van der Waals surface area (Å²) in [5, 5.41) is 3.35. The Morgan fingerprint density at radius 3 is 2.48 bits per heavy atom. The maximum absolute atomic E-state index is 12.8. The van der Waals surface area contributed by atoms with Crippen molar-refractivity contribution in [1.29, 1.82) is 0 Å². The molecule has 0 aliphatic rings. The van der Waals surface area contributed by atoms with Gasteiger partial charge in [0.2, 0.25) is 0 Å². The van der Waals surface area contributed by atoms with Crippen LogP contribution in [0.5, 0.6) is 5.75 Å². The molecule has 0 radical (unpaired) electrons. The maximum atomic E-state index is 12.8. The molecule has 0 saturated carbocycles. The van der Waals surface area contributed by atoms with Crippen LogP contribution in [0.1, 0.15) is 20.9 Å². The van der Waals surface area contributed by atoms with Crippen molar-refractivity contribution in [3.05, 3.63) is 108 Å². The summed E-state index contributed by atoms with van der Waals surface area (Å²) in [6, 6.07) is 21.5. The number of fused-ring (bicyclic) bond motifs is 1. The van der Waals surface area contributed by atoms with Crippen molar-refractivity contribution in [2.24, 2.45) is 0 Å². The predicted octanol–water partition coefficient (Wildman–Crippen LogP) is 5.26. The van der Waals surface area contributed by atoms with Crippen LogP contribution in [-0.4, -0.2) is 20.9 Å². The molecule has 3 heterocycles. The van der Waals surface area contributed by atoms with Crippen LogP contribution in [0, 0.1) is 0 Å². The van der Waals surface area contributed by atoms with Gasteiger partial charge < -0.3 is 10.1 Å². The Morgan fingerprint density at radius 1 is 0.879 bits per heavy atom. The fourth-order valence-corrected chi connectivity index (χ4v) is 4.35. The summed E-state index contributed by atoms with van der Waals surface area (Å²) in [6.45, 7) is 0.804. The Labute approximate surface area is 195 Å². The van der Waals surface area contributed by atoms with Crippen LogP contribution in [0.15, 0.2) is 91.5 Å². The van der Waals surface area contributed by atoms with Gasteiger partial charge in [0, 0.05) is 36.9 Å². The standard InChI is InChI=1S/C26H20N4O2S/c31-25(29-16-18-5-2-1-3-6-18)26-30-24-22(32-17-19-7-4-10-28-15-19)13-21(14-23(24)33-26)20-8-11-27-12-9-20/h1-15H,16-17H2,(H,29,31). The molecular weight excluding hydrogens is 432 g/mol. The van der Waals surface area contributed by atoms with Gasteiger partial charge in [-0.15, -0.1) is 11.3 Å². The molecule has 1 amide bonds. The van der Waals surface area contributed by atoms with E-state index >= 15 is 0 Å². The van der Waals surface area contributed by atoms with Crippen LogP contribution in [0.4, 0.5) is 0 Å². The number of hydrogen-bond donors (Lipinski definition) is 1. The molecule has 0 saturated heterocycles. The molecule has 6 nitrogen and oxygen atoms in total. The summed E-state index contributed by atoms with van der Waals surface area (Å²) in [6.07, 6.45) is 7.01. The van der Waals surface area contributed by atoms with Crippen molar-refractivity contribution < 1.29 is 9.53 Å². The highest BCUT2D eigenvalue weighted by Crippen LogP contribution is 2.35. The highest BCUT2D eigenvalue weighted by atomic mass is 32.1. The van der Waals surface area contributed by atoms with E-state index in [9.17, 15) is 4.79 Å². The van der Waals surface area contributed by atoms with E-state index in [0.29, 0.717) is 29.4 Å². The van der Waals surface area contributed by atoms with Gasteiger partial charge in [-0.2, -0.15) is 0 Å². The van der Waals surface area contributed by atoms with Crippen LogP contribution < -0.4 is 10.1 Å². The van der Waals surface area contributed by atoms with Crippen LogP contribution in [0.25, 0.3) is 21.3 Å². The zero-order valence-corrected chi connectivity index (χ0v) is 18.5. The minimum Gasteiger partial charge on any atom is -0.487 e. The zero-order chi connectivity index (χ0) is 22.5. The summed E-state index contributed by atoms with van der Waals surface area (Å²) in [7, 11) is 0. The van der Waals surface area contributed by atoms with Gasteiger partial charge >= 0.3 is 0 Å². The second-order valence-electron chi connectivity index (χ2n) is 7.39. The predicted molar refractivity (Wildman–Crippen MR) is 129 cm³/mol. The van der Waals surface area contributed by atoms with E-state index in [1.54, 1.807) is 24.8 Å². The molecule has 1 N–H and O–H groups in total. The number of rotatable bonds is 7. The Bertz CT molecular complexity index is 1370. The van der Waals surface area contributed by atoms with Crippen LogP contribution in [0.3, 0.4) is 0 Å². The number of ether oxygens (including phenoxy) is 1. The maximum Gasteiger partial charge on any atom is 0.280 e. The minimum atomic E-state index is -0.205. The lowest BCUT2D eigenvalue weighted by molar-refractivity contribution is 0.0950. The Balaban J connectivity index is 1.46. The fraction of sp³-hybridized carbons (Fsp3) is 0.0769. The van der Waals surface area contributed by atoms with Crippen molar-refractivity contribution in [3.63, 3.8) is 0 Å². The number of aromatic nitrogens is 3. The van der Waals surface area contributed by atoms with Gasteiger partial charge in [-0.1, -0.05) is 36.4 Å². The fourth-order valence-electron chi connectivity index (χ4n) is 3.42. The van der Waals surface area contributed by atoms with Crippen LogP contribution in [-0.2, 0) is 13.2 Å². The molecule has 5 aromatic rings. The number of amides is 1. The van der Waals surface area contributed by atoms with Crippen LogP contribution in [0.2, 0.25) is 0 Å². The van der Waals surface area contributed by atoms with Gasteiger partial charge in [-0.3, -0.25) is 14.8 Å². The van der Waals surface area contributed by atoms with Crippen LogP contribution >= 0.6 is 11.3 Å². The highest BCUT2D eigenvalue weighted by Gasteiger charge is 2.17. The number of thiazole rings is 1. The summed E-state index contributed by atoms with van der Waals surface area (Å²) in [4.78, 5) is 25.7. The van der Waals surface area contributed by atoms with Crippen molar-refractivity contribution in [3.8, 4) is 16.9 Å². The minimum absolute atomic E-state index is 0.205. The molecule has 0 unspecified atom stereocenters. The average Bonchev–Trinajstić information content (AvgIpc) is 3.32. The summed E-state index contributed by atoms with van der Waals surface area (Å²) in [5.41, 5.74) is 4.66. The van der Waals surface area contributed by atoms with Gasteiger partial charge in [0.15, 0.2) is 5.01 Å². The number of hydrogen-bond acceptors (Lipinski definition) is 6. The molecule has 33 heavy (non-hydrogen) atoms. The third kappa shape index (κ3) is 4.88. The molecular formula is C26H20N4O2S. The average molecular weight is 453 g/mol. The summed E-state index contributed by atoms with van der Waals surface area (Å²) in [5.74, 6) is 0.422. The molecule has 2 aromatic carbocycles. The monoisotopic (exact) mass is 452 g/mol. The number of carbonyl (C=O) groups is 1. The van der Waals surface area contributed by atoms with Gasteiger partial charge in [0.1, 0.15) is 17.9 Å². The summed E-state index contributed by atoms with van der Waals surface area (Å²) < 4.78 is 7.03. The lowest BCUT2D eigenvalue weighted by Crippen LogP contribution is -2.22. The SMILES string of the molecule is O=C(NCc1ccccc1)c1nc2c(OCc3cccnc3)cc(-c3ccncc3)cc2s1. The molecule has 5 rings (SSSR count). The van der Waals surface area contributed by atoms with Crippen molar-refractivity contribution in [1.82, 2.24) is 20.3 Å². The Morgan fingerprint density at radius 2 is 1.70 bits per heavy atom. The van der Waals surface area contributed by atoms with E-state index in [2.05, 4.69) is 20.3 Å². The molecule has 7 heteroatoms. The van der Waals surface area contributed by atoms with E-state index in [1.807, 2.05) is 66.7 Å². The number of nitrogens with zero attached hydrogens (tertiary/aromatic N) is 3. The molecule has 3 aromatic heterocycles. The van der Waals surface area contributed by atoms with Gasteiger partial charge in [0.05, 0.1) is 4.70 Å². The first kappa shape index (κ1) is 20.8. The van der Waals surface area contributed by atoms with Crippen molar-refractivity contribution in [2.45, 2.75) is 13.2 Å². The quantitative estimate of drug-likeness (QED) is 0.364. The van der Waals surface area contributed by atoms with E-state index in [-0.39, 0.29) is 5.91 Å². The van der Waals surface area contributed by atoms with E-state index in [4.69, 9.17) is 4.74 Å². The van der Waals surface area contributed by atoms with E-state index < -0.39 is 0 Å². The van der Waals surface area contributed by atoms with Gasteiger partial charge in [-0.25, -0.2) is 4.98 Å². The smallest absolute Gasteiger partial charge is 0.280 e. The number of benzene rings is 2. The largest absolute Gasteiger partial charge is 0.487 e.